The van der Waals surface area contributed by atoms with E-state index in [9.17, 15) is 13.2 Å². The van der Waals surface area contributed by atoms with Crippen LogP contribution in [0.15, 0.2) is 88.9 Å². The van der Waals surface area contributed by atoms with Crippen molar-refractivity contribution >= 4 is 39.6 Å². The van der Waals surface area contributed by atoms with Crippen molar-refractivity contribution in [1.29, 1.82) is 0 Å². The predicted octanol–water partition coefficient (Wildman–Crippen LogP) is 3.54. The molecule has 1 aliphatic rings. The molecule has 0 bridgehead atoms. The van der Waals surface area contributed by atoms with Gasteiger partial charge in [-0.25, -0.2) is 13.8 Å². The van der Waals surface area contributed by atoms with Gasteiger partial charge in [0.05, 0.1) is 23.9 Å². The largest absolute Gasteiger partial charge is 0.497 e. The number of hydrazone groups is 1. The monoisotopic (exact) mass is 511 g/mol. The molecule has 3 aromatic carbocycles. The van der Waals surface area contributed by atoms with Crippen LogP contribution in [0.5, 0.6) is 11.5 Å². The Morgan fingerprint density at radius 3 is 2.29 bits per heavy atom. The highest BCUT2D eigenvalue weighted by atomic mass is 32.2. The fourth-order valence-corrected chi connectivity index (χ4v) is 5.22. The summed E-state index contributed by atoms with van der Waals surface area (Å²) >= 11 is 1.85. The quantitative estimate of drug-likeness (QED) is 0.330. The number of carbonyl (C=O) groups excluding carboxylic acids is 1. The molecule has 0 aromatic heterocycles. The minimum Gasteiger partial charge on any atom is -0.497 e. The van der Waals surface area contributed by atoms with Gasteiger partial charge in [0.15, 0.2) is 0 Å². The molecule has 10 heteroatoms. The number of para-hydroxylation sites is 1. The van der Waals surface area contributed by atoms with Crippen molar-refractivity contribution in [2.45, 2.75) is 11.0 Å². The van der Waals surface area contributed by atoms with Crippen molar-refractivity contribution in [2.75, 3.05) is 29.5 Å². The van der Waals surface area contributed by atoms with Gasteiger partial charge in [0.2, 0.25) is 0 Å². The molecular weight excluding hydrogens is 486 g/mol. The summed E-state index contributed by atoms with van der Waals surface area (Å²) in [7, 11) is -2.51. The molecule has 1 aliphatic heterocycles. The molecule has 1 heterocycles. The van der Waals surface area contributed by atoms with Gasteiger partial charge in [0.25, 0.3) is 15.9 Å². The van der Waals surface area contributed by atoms with Crippen LogP contribution in [0.25, 0.3) is 0 Å². The van der Waals surface area contributed by atoms with Crippen molar-refractivity contribution in [2.24, 2.45) is 5.10 Å². The summed E-state index contributed by atoms with van der Waals surface area (Å²) in [5, 5.41) is 3.98. The third-order valence-electron chi connectivity index (χ3n) is 5.17. The van der Waals surface area contributed by atoms with E-state index < -0.39 is 22.5 Å². The average molecular weight is 512 g/mol. The van der Waals surface area contributed by atoms with Crippen LogP contribution in [0, 0.1) is 0 Å². The Morgan fingerprint density at radius 1 is 1.03 bits per heavy atom. The van der Waals surface area contributed by atoms with Crippen LogP contribution in [-0.4, -0.2) is 51.8 Å². The van der Waals surface area contributed by atoms with Gasteiger partial charge in [-0.2, -0.15) is 16.9 Å². The lowest BCUT2D eigenvalue weighted by molar-refractivity contribution is -0.119. The summed E-state index contributed by atoms with van der Waals surface area (Å²) in [6, 6.07) is 21.8. The first-order chi connectivity index (χ1) is 17.0. The summed E-state index contributed by atoms with van der Waals surface area (Å²) in [6.45, 7) is -0.443. The van der Waals surface area contributed by atoms with E-state index in [1.807, 2.05) is 36.0 Å². The van der Waals surface area contributed by atoms with Crippen molar-refractivity contribution < 1.29 is 22.7 Å². The highest BCUT2D eigenvalue weighted by Crippen LogP contribution is 2.25. The second-order valence-electron chi connectivity index (χ2n) is 7.66. The van der Waals surface area contributed by atoms with Crippen molar-refractivity contribution in [1.82, 2.24) is 5.43 Å². The molecule has 1 amide bonds. The van der Waals surface area contributed by atoms with E-state index in [1.54, 1.807) is 42.5 Å². The third kappa shape index (κ3) is 6.34. The Labute approximate surface area is 209 Å². The number of thioether (sulfide) groups is 1. The molecule has 0 radical (unpaired) electrons. The van der Waals surface area contributed by atoms with E-state index in [2.05, 4.69) is 10.5 Å². The number of nitrogens with zero attached hydrogens (tertiary/aromatic N) is 2. The van der Waals surface area contributed by atoms with E-state index in [0.29, 0.717) is 11.4 Å². The van der Waals surface area contributed by atoms with Gasteiger partial charge in [0, 0.05) is 11.5 Å². The van der Waals surface area contributed by atoms with Crippen LogP contribution in [0.4, 0.5) is 5.69 Å². The SMILES string of the molecule is COc1ccc(S(=O)(=O)N(CC(=O)N/N=C\c2ccc(OC3CSC3)cc2)c2ccccc2)cc1. The number of carbonyl (C=O) groups is 1. The molecule has 0 atom stereocenters. The molecular formula is C25H25N3O5S2. The molecule has 35 heavy (non-hydrogen) atoms. The maximum atomic E-state index is 13.4. The zero-order chi connectivity index (χ0) is 24.7. The number of sulfonamides is 1. The highest BCUT2D eigenvalue weighted by molar-refractivity contribution is 8.00. The summed E-state index contributed by atoms with van der Waals surface area (Å²) in [5.41, 5.74) is 3.54. The maximum Gasteiger partial charge on any atom is 0.264 e. The first kappa shape index (κ1) is 24.6. The maximum absolute atomic E-state index is 13.4. The van der Waals surface area contributed by atoms with Gasteiger partial charge in [-0.15, -0.1) is 0 Å². The molecule has 0 saturated carbocycles. The van der Waals surface area contributed by atoms with Gasteiger partial charge in [-0.1, -0.05) is 18.2 Å². The van der Waals surface area contributed by atoms with Crippen LogP contribution in [-0.2, 0) is 14.8 Å². The Bertz CT molecular complexity index is 1260. The average Bonchev–Trinajstić information content (AvgIpc) is 2.86. The number of hydrogen-bond donors (Lipinski definition) is 1. The van der Waals surface area contributed by atoms with E-state index in [0.717, 1.165) is 27.1 Å². The van der Waals surface area contributed by atoms with Crippen LogP contribution < -0.4 is 19.2 Å². The summed E-state index contributed by atoms with van der Waals surface area (Å²) in [5.74, 6) is 2.75. The fourth-order valence-electron chi connectivity index (χ4n) is 3.24. The van der Waals surface area contributed by atoms with Crippen LogP contribution >= 0.6 is 11.8 Å². The molecule has 1 fully saturated rings. The Hall–Kier alpha value is -3.50. The minimum absolute atomic E-state index is 0.0428. The van der Waals surface area contributed by atoms with Crippen molar-refractivity contribution in [3.63, 3.8) is 0 Å². The van der Waals surface area contributed by atoms with Gasteiger partial charge in [-0.3, -0.25) is 9.10 Å². The Morgan fingerprint density at radius 2 is 1.69 bits per heavy atom. The first-order valence-corrected chi connectivity index (χ1v) is 13.4. The number of methoxy groups -OCH3 is 1. The van der Waals surface area contributed by atoms with Crippen LogP contribution in [0.2, 0.25) is 0 Å². The second-order valence-corrected chi connectivity index (χ2v) is 10.6. The molecule has 0 aliphatic carbocycles. The smallest absolute Gasteiger partial charge is 0.264 e. The lowest BCUT2D eigenvalue weighted by Gasteiger charge is -2.25. The van der Waals surface area contributed by atoms with Crippen LogP contribution in [0.3, 0.4) is 0 Å². The standard InChI is InChI=1S/C25H25N3O5S2/c1-32-21-11-13-24(14-12-21)35(30,31)28(20-5-3-2-4-6-20)16-25(29)27-26-15-19-7-9-22(10-8-19)33-23-17-34-18-23/h2-15,23H,16-18H2,1H3,(H,27,29)/b26-15-. The van der Waals surface area contributed by atoms with E-state index in [4.69, 9.17) is 9.47 Å². The Kier molecular flexibility index (Phi) is 7.94. The minimum atomic E-state index is -4.01. The lowest BCUT2D eigenvalue weighted by atomic mass is 10.2. The van der Waals surface area contributed by atoms with E-state index in [-0.39, 0.29) is 11.0 Å². The molecule has 0 spiro atoms. The number of rotatable bonds is 10. The number of benzene rings is 3. The third-order valence-corrected chi connectivity index (χ3v) is 8.18. The first-order valence-electron chi connectivity index (χ1n) is 10.8. The molecule has 182 valence electrons. The summed E-state index contributed by atoms with van der Waals surface area (Å²) < 4.78 is 38.7. The molecule has 1 N–H and O–H groups in total. The zero-order valence-corrected chi connectivity index (χ0v) is 20.7. The molecule has 1 saturated heterocycles. The topological polar surface area (TPSA) is 97.3 Å². The number of amides is 1. The van der Waals surface area contributed by atoms with Crippen molar-refractivity contribution in [3.8, 4) is 11.5 Å². The van der Waals surface area contributed by atoms with E-state index in [1.165, 1.54) is 25.5 Å². The number of nitrogens with one attached hydrogen (secondary N) is 1. The van der Waals surface area contributed by atoms with Gasteiger partial charge < -0.3 is 9.47 Å². The Balaban J connectivity index is 1.43. The summed E-state index contributed by atoms with van der Waals surface area (Å²) in [4.78, 5) is 12.7. The molecule has 4 rings (SSSR count). The highest BCUT2D eigenvalue weighted by Gasteiger charge is 2.27. The summed E-state index contributed by atoms with van der Waals surface area (Å²) in [6.07, 6.45) is 1.76. The normalized spacial score (nSPS) is 13.7. The van der Waals surface area contributed by atoms with E-state index >= 15 is 0 Å². The lowest BCUT2D eigenvalue weighted by Crippen LogP contribution is -2.39. The molecule has 8 nitrogen and oxygen atoms in total. The number of anilines is 1. The van der Waals surface area contributed by atoms with Crippen LogP contribution in [0.1, 0.15) is 5.56 Å². The number of ether oxygens (including phenoxy) is 2. The van der Waals surface area contributed by atoms with Gasteiger partial charge in [-0.05, 0) is 66.2 Å². The zero-order valence-electron chi connectivity index (χ0n) is 19.0. The fraction of sp³-hybridized carbons (Fsp3) is 0.200. The molecule has 0 unspecified atom stereocenters. The number of hydrogen-bond acceptors (Lipinski definition) is 7. The molecule has 3 aromatic rings. The van der Waals surface area contributed by atoms with Crippen molar-refractivity contribution in [3.05, 3.63) is 84.4 Å². The van der Waals surface area contributed by atoms with Gasteiger partial charge in [0.1, 0.15) is 24.1 Å². The van der Waals surface area contributed by atoms with Gasteiger partial charge >= 0.3 is 0 Å². The second kappa shape index (κ2) is 11.3. The predicted molar refractivity (Wildman–Crippen MR) is 138 cm³/mol.